The van der Waals surface area contributed by atoms with E-state index >= 15 is 0 Å². The third-order valence-electron chi connectivity index (χ3n) is 3.08. The van der Waals surface area contributed by atoms with Crippen molar-refractivity contribution in [1.82, 2.24) is 10.2 Å². The zero-order valence-electron chi connectivity index (χ0n) is 15.5. The Labute approximate surface area is 154 Å². The lowest BCUT2D eigenvalue weighted by Crippen LogP contribution is -2.43. The van der Waals surface area contributed by atoms with Crippen molar-refractivity contribution in [2.75, 3.05) is 26.0 Å². The van der Waals surface area contributed by atoms with Crippen molar-refractivity contribution in [3.05, 3.63) is 29.8 Å². The minimum atomic E-state index is -3.63. The Morgan fingerprint density at radius 2 is 1.96 bits per heavy atom. The molecule has 0 saturated heterocycles. The van der Waals surface area contributed by atoms with Crippen LogP contribution in [-0.2, 0) is 26.2 Å². The van der Waals surface area contributed by atoms with Gasteiger partial charge in [0.1, 0.15) is 12.3 Å². The summed E-state index contributed by atoms with van der Waals surface area (Å²) in [7, 11) is -3.63. The van der Waals surface area contributed by atoms with Crippen LogP contribution in [0.4, 0.5) is 4.79 Å². The van der Waals surface area contributed by atoms with Crippen molar-refractivity contribution < 1.29 is 26.9 Å². The molecule has 8 nitrogen and oxygen atoms in total. The van der Waals surface area contributed by atoms with Gasteiger partial charge in [-0.2, -0.15) is 8.42 Å². The molecular weight excluding hydrogens is 360 g/mol. The zero-order chi connectivity index (χ0) is 19.7. The molecule has 1 N–H and O–H groups in total. The number of carbonyl (C=O) groups is 2. The number of amides is 2. The van der Waals surface area contributed by atoms with Gasteiger partial charge in [-0.3, -0.25) is 4.79 Å². The summed E-state index contributed by atoms with van der Waals surface area (Å²) >= 11 is 0. The number of benzene rings is 1. The minimum Gasteiger partial charge on any atom is -0.465 e. The van der Waals surface area contributed by atoms with Crippen molar-refractivity contribution >= 4 is 22.1 Å². The Hall–Kier alpha value is -2.29. The highest BCUT2D eigenvalue weighted by molar-refractivity contribution is 7.86. The first-order valence-corrected chi connectivity index (χ1v) is 10.1. The molecule has 0 aliphatic carbocycles. The van der Waals surface area contributed by atoms with Crippen LogP contribution in [-0.4, -0.2) is 51.3 Å². The summed E-state index contributed by atoms with van der Waals surface area (Å²) in [5.74, 6) is -0.117. The normalized spacial score (nSPS) is 11.1. The largest absolute Gasteiger partial charge is 0.465 e. The molecule has 0 heterocycles. The molecule has 0 aliphatic heterocycles. The number of carbonyl (C=O) groups excluding carboxylic acids is 2. The van der Waals surface area contributed by atoms with Crippen LogP contribution in [0.5, 0.6) is 5.75 Å². The fourth-order valence-corrected chi connectivity index (χ4v) is 2.68. The van der Waals surface area contributed by atoms with E-state index in [1.54, 1.807) is 30.0 Å². The Morgan fingerprint density at radius 3 is 2.54 bits per heavy atom. The number of hydrogen-bond donors (Lipinski definition) is 1. The summed E-state index contributed by atoms with van der Waals surface area (Å²) in [6, 6.07) is 6.10. The topological polar surface area (TPSA) is 102 Å². The van der Waals surface area contributed by atoms with Gasteiger partial charge in [0, 0.05) is 13.1 Å². The molecule has 1 rings (SSSR count). The molecule has 0 aliphatic rings. The molecule has 0 atom stereocenters. The number of esters is 1. The molecule has 0 aromatic heterocycles. The third-order valence-corrected chi connectivity index (χ3v) is 3.58. The van der Waals surface area contributed by atoms with Crippen LogP contribution < -0.4 is 9.50 Å². The van der Waals surface area contributed by atoms with Gasteiger partial charge in [0.25, 0.3) is 0 Å². The summed E-state index contributed by atoms with van der Waals surface area (Å²) in [5.41, 5.74) is 0.707. The molecule has 1 aromatic carbocycles. The number of urea groups is 1. The van der Waals surface area contributed by atoms with Crippen LogP contribution in [0.1, 0.15) is 26.3 Å². The van der Waals surface area contributed by atoms with Crippen LogP contribution in [0, 0.1) is 5.92 Å². The maximum absolute atomic E-state index is 12.4. The second-order valence-corrected chi connectivity index (χ2v) is 7.75. The summed E-state index contributed by atoms with van der Waals surface area (Å²) in [5, 5.41) is 2.53. The van der Waals surface area contributed by atoms with Gasteiger partial charge < -0.3 is 19.1 Å². The molecule has 0 saturated carbocycles. The van der Waals surface area contributed by atoms with Crippen LogP contribution >= 0.6 is 0 Å². The van der Waals surface area contributed by atoms with Crippen molar-refractivity contribution in [2.24, 2.45) is 5.92 Å². The van der Waals surface area contributed by atoms with Gasteiger partial charge >= 0.3 is 22.1 Å². The predicted octanol–water partition coefficient (Wildman–Crippen LogP) is 1.76. The van der Waals surface area contributed by atoms with E-state index in [1.165, 1.54) is 6.07 Å². The first-order valence-electron chi connectivity index (χ1n) is 8.27. The van der Waals surface area contributed by atoms with Crippen molar-refractivity contribution in [2.45, 2.75) is 27.3 Å². The van der Waals surface area contributed by atoms with Gasteiger partial charge in [-0.25, -0.2) is 4.79 Å². The highest BCUT2D eigenvalue weighted by atomic mass is 32.2. The third kappa shape index (κ3) is 8.70. The standard InChI is InChI=1S/C17H26N2O6S/c1-5-24-16(20)10-18-17(21)19(11-13(2)3)12-14-7-6-8-15(9-14)25-26(4,22)23/h6-9,13H,5,10-12H2,1-4H3,(H,18,21). The second-order valence-electron chi connectivity index (χ2n) is 6.17. The molecular formula is C17H26N2O6S. The summed E-state index contributed by atoms with van der Waals surface area (Å²) in [4.78, 5) is 25.3. The smallest absolute Gasteiger partial charge is 0.325 e. The van der Waals surface area contributed by atoms with Crippen molar-refractivity contribution in [1.29, 1.82) is 0 Å². The Balaban J connectivity index is 2.82. The lowest BCUT2D eigenvalue weighted by molar-refractivity contribution is -0.141. The molecule has 0 bridgehead atoms. The lowest BCUT2D eigenvalue weighted by atomic mass is 10.1. The number of ether oxygens (including phenoxy) is 1. The highest BCUT2D eigenvalue weighted by Crippen LogP contribution is 2.17. The lowest BCUT2D eigenvalue weighted by Gasteiger charge is -2.25. The monoisotopic (exact) mass is 386 g/mol. The van der Waals surface area contributed by atoms with E-state index in [9.17, 15) is 18.0 Å². The molecule has 0 spiro atoms. The Kier molecular flexibility index (Phi) is 8.37. The van der Waals surface area contributed by atoms with E-state index in [2.05, 4.69) is 5.32 Å². The number of rotatable bonds is 9. The molecule has 0 radical (unpaired) electrons. The fourth-order valence-electron chi connectivity index (χ4n) is 2.22. The van der Waals surface area contributed by atoms with Crippen LogP contribution in [0.25, 0.3) is 0 Å². The van der Waals surface area contributed by atoms with Gasteiger partial charge in [0.2, 0.25) is 0 Å². The van der Waals surface area contributed by atoms with E-state index in [0.29, 0.717) is 12.1 Å². The zero-order valence-corrected chi connectivity index (χ0v) is 16.3. The maximum Gasteiger partial charge on any atom is 0.325 e. The van der Waals surface area contributed by atoms with E-state index in [4.69, 9.17) is 8.92 Å². The van der Waals surface area contributed by atoms with Gasteiger partial charge in [-0.15, -0.1) is 0 Å². The van der Waals surface area contributed by atoms with Gasteiger partial charge in [-0.05, 0) is 30.5 Å². The Bertz CT molecular complexity index is 718. The van der Waals surface area contributed by atoms with Crippen LogP contribution in [0.15, 0.2) is 24.3 Å². The predicted molar refractivity (Wildman–Crippen MR) is 97.2 cm³/mol. The van der Waals surface area contributed by atoms with Gasteiger partial charge in [0.05, 0.1) is 12.9 Å². The minimum absolute atomic E-state index is 0.182. The molecule has 9 heteroatoms. The van der Waals surface area contributed by atoms with Gasteiger partial charge in [-0.1, -0.05) is 26.0 Å². The SMILES string of the molecule is CCOC(=O)CNC(=O)N(Cc1cccc(OS(C)(=O)=O)c1)CC(C)C. The van der Waals surface area contributed by atoms with Crippen molar-refractivity contribution in [3.8, 4) is 5.75 Å². The van der Waals surface area contributed by atoms with E-state index in [-0.39, 0.29) is 31.4 Å². The first kappa shape index (κ1) is 21.8. The average molecular weight is 386 g/mol. The highest BCUT2D eigenvalue weighted by Gasteiger charge is 2.17. The van der Waals surface area contributed by atoms with Crippen LogP contribution in [0.2, 0.25) is 0 Å². The molecule has 146 valence electrons. The second kappa shape index (κ2) is 10.0. The van der Waals surface area contributed by atoms with E-state index in [1.807, 2.05) is 13.8 Å². The first-order chi connectivity index (χ1) is 12.1. The average Bonchev–Trinajstić information content (AvgIpc) is 2.50. The van der Waals surface area contributed by atoms with Crippen LogP contribution in [0.3, 0.4) is 0 Å². The van der Waals surface area contributed by atoms with Gasteiger partial charge in [0.15, 0.2) is 0 Å². The molecule has 1 aromatic rings. The number of nitrogens with one attached hydrogen (secondary N) is 1. The summed E-state index contributed by atoms with van der Waals surface area (Å²) in [6.45, 7) is 6.37. The molecule has 2 amide bonds. The molecule has 0 fully saturated rings. The fraction of sp³-hybridized carbons (Fsp3) is 0.529. The van der Waals surface area contributed by atoms with E-state index < -0.39 is 22.1 Å². The van der Waals surface area contributed by atoms with Crippen molar-refractivity contribution in [3.63, 3.8) is 0 Å². The number of nitrogens with zero attached hydrogens (tertiary/aromatic N) is 1. The summed E-state index contributed by atoms with van der Waals surface area (Å²) < 4.78 is 32.2. The summed E-state index contributed by atoms with van der Waals surface area (Å²) in [6.07, 6.45) is 0.966. The maximum atomic E-state index is 12.4. The Morgan fingerprint density at radius 1 is 1.27 bits per heavy atom. The van der Waals surface area contributed by atoms with E-state index in [0.717, 1.165) is 6.26 Å². The number of hydrogen-bond acceptors (Lipinski definition) is 6. The molecule has 26 heavy (non-hydrogen) atoms. The molecule has 0 unspecified atom stereocenters. The quantitative estimate of drug-likeness (QED) is 0.512.